The minimum Gasteiger partial charge on any atom is -0.333 e. The van der Waals surface area contributed by atoms with Crippen molar-refractivity contribution in [3.8, 4) is 5.69 Å². The molecule has 2 aromatic carbocycles. The maximum Gasteiger partial charge on any atom is 0.293 e. The van der Waals surface area contributed by atoms with Crippen molar-refractivity contribution in [2.75, 3.05) is 30.9 Å². The second-order valence-electron chi connectivity index (χ2n) is 7.30. The van der Waals surface area contributed by atoms with E-state index in [0.717, 1.165) is 19.6 Å². The zero-order chi connectivity index (χ0) is 20.7. The van der Waals surface area contributed by atoms with Crippen LogP contribution in [-0.4, -0.2) is 65.1 Å². The van der Waals surface area contributed by atoms with E-state index in [0.29, 0.717) is 18.8 Å². The van der Waals surface area contributed by atoms with E-state index in [9.17, 15) is 13.2 Å². The molecule has 1 aromatic heterocycles. The number of carbonyl (C=O) groups excluding carboxylic acids is 1. The van der Waals surface area contributed by atoms with Gasteiger partial charge >= 0.3 is 0 Å². The Labute approximate surface area is 174 Å². The largest absolute Gasteiger partial charge is 0.333 e. The number of hydrogen-bond acceptors (Lipinski definition) is 6. The number of para-hydroxylation sites is 1. The van der Waals surface area contributed by atoms with Crippen molar-refractivity contribution >= 4 is 21.9 Å². The number of hydrogen-bond donors (Lipinski definition) is 1. The lowest BCUT2D eigenvalue weighted by Crippen LogP contribution is -2.48. The summed E-state index contributed by atoms with van der Waals surface area (Å²) in [7, 11) is -3.73. The van der Waals surface area contributed by atoms with Gasteiger partial charge in [-0.3, -0.25) is 9.69 Å². The Morgan fingerprint density at radius 1 is 0.967 bits per heavy atom. The van der Waals surface area contributed by atoms with E-state index in [1.807, 2.05) is 18.2 Å². The third-order valence-electron chi connectivity index (χ3n) is 5.32. The lowest BCUT2D eigenvalue weighted by atomic mass is 10.2. The molecule has 0 aliphatic carbocycles. The van der Waals surface area contributed by atoms with Crippen LogP contribution >= 0.6 is 0 Å². The van der Waals surface area contributed by atoms with Gasteiger partial charge in [-0.15, -0.1) is 5.10 Å². The maximum absolute atomic E-state index is 12.9. The Balaban J connectivity index is 1.32. The quantitative estimate of drug-likeness (QED) is 0.681. The van der Waals surface area contributed by atoms with E-state index in [4.69, 9.17) is 0 Å². The highest BCUT2D eigenvalue weighted by atomic mass is 32.2. The van der Waals surface area contributed by atoms with Crippen LogP contribution < -0.4 is 4.72 Å². The number of benzene rings is 2. The second-order valence-corrected chi connectivity index (χ2v) is 8.95. The molecule has 5 rings (SSSR count). The number of piperazine rings is 1. The third-order valence-corrected chi connectivity index (χ3v) is 6.69. The van der Waals surface area contributed by atoms with Crippen LogP contribution in [0.4, 0.5) is 5.95 Å². The molecule has 3 aromatic rings. The lowest BCUT2D eigenvalue weighted by molar-refractivity contribution is 0.0616. The van der Waals surface area contributed by atoms with Gasteiger partial charge in [0.15, 0.2) is 0 Å². The molecule has 1 N–H and O–H groups in total. The highest BCUT2D eigenvalue weighted by Crippen LogP contribution is 2.29. The number of sulfonamides is 1. The Morgan fingerprint density at radius 3 is 2.43 bits per heavy atom. The molecule has 1 amide bonds. The predicted molar refractivity (Wildman–Crippen MR) is 110 cm³/mol. The number of fused-ring (bicyclic) bond motifs is 3. The molecule has 1 fully saturated rings. The number of aromatic nitrogens is 3. The molecule has 0 saturated carbocycles. The van der Waals surface area contributed by atoms with Crippen LogP contribution in [0, 0.1) is 0 Å². The predicted octanol–water partition coefficient (Wildman–Crippen LogP) is 1.34. The minimum atomic E-state index is -3.73. The van der Waals surface area contributed by atoms with Gasteiger partial charge < -0.3 is 4.90 Å². The summed E-state index contributed by atoms with van der Waals surface area (Å²) < 4.78 is 28.6. The molecular weight excluding hydrogens is 404 g/mol. The number of rotatable bonds is 3. The highest BCUT2D eigenvalue weighted by Gasteiger charge is 2.32. The van der Waals surface area contributed by atoms with Crippen molar-refractivity contribution in [1.29, 1.82) is 0 Å². The van der Waals surface area contributed by atoms with Crippen LogP contribution in [0.2, 0.25) is 0 Å². The maximum atomic E-state index is 12.9. The number of nitrogens with one attached hydrogen (secondary N) is 1. The summed E-state index contributed by atoms with van der Waals surface area (Å²) in [5, 5.41) is 4.29. The van der Waals surface area contributed by atoms with E-state index >= 15 is 0 Å². The fourth-order valence-corrected chi connectivity index (χ4v) is 4.93. The molecular formula is C20H20N6O3S. The Bertz CT molecular complexity index is 1200. The van der Waals surface area contributed by atoms with Gasteiger partial charge in [0.05, 0.1) is 5.69 Å². The normalized spacial score (nSPS) is 17.7. The van der Waals surface area contributed by atoms with Crippen molar-refractivity contribution in [3.63, 3.8) is 0 Å². The third kappa shape index (κ3) is 3.33. The van der Waals surface area contributed by atoms with Gasteiger partial charge in [0.1, 0.15) is 4.90 Å². The first-order chi connectivity index (χ1) is 14.5. The topological polar surface area (TPSA) is 100 Å². The summed E-state index contributed by atoms with van der Waals surface area (Å²) in [4.78, 5) is 21.2. The van der Waals surface area contributed by atoms with Gasteiger partial charge in [-0.2, -0.15) is 9.67 Å². The van der Waals surface area contributed by atoms with Gasteiger partial charge in [0.2, 0.25) is 11.8 Å². The summed E-state index contributed by atoms with van der Waals surface area (Å²) in [5.41, 5.74) is 1.62. The number of carbonyl (C=O) groups is 1. The fraction of sp³-hybridized carbons (Fsp3) is 0.250. The molecule has 30 heavy (non-hydrogen) atoms. The summed E-state index contributed by atoms with van der Waals surface area (Å²) >= 11 is 0. The van der Waals surface area contributed by atoms with Gasteiger partial charge in [0.25, 0.3) is 15.9 Å². The van der Waals surface area contributed by atoms with Gasteiger partial charge in [-0.05, 0) is 17.7 Å². The first-order valence-corrected chi connectivity index (χ1v) is 11.1. The molecule has 0 unspecified atom stereocenters. The average Bonchev–Trinajstić information content (AvgIpc) is 3.18. The van der Waals surface area contributed by atoms with E-state index in [2.05, 4.69) is 31.8 Å². The van der Waals surface area contributed by atoms with Crippen LogP contribution in [-0.2, 0) is 16.6 Å². The van der Waals surface area contributed by atoms with E-state index < -0.39 is 10.0 Å². The second kappa shape index (κ2) is 7.22. The van der Waals surface area contributed by atoms with Crippen molar-refractivity contribution in [3.05, 3.63) is 66.0 Å². The van der Waals surface area contributed by atoms with Gasteiger partial charge in [0, 0.05) is 32.7 Å². The standard InChI is InChI=1S/C20H20N6O3S/c27-19(25-12-10-24(11-13-25)14-15-6-2-1-3-7-15)18-21-20-23-30(28,29)17-9-5-4-8-16(17)26(20)22-18/h1-9H,10-14H2,(H,21,22,23). The molecule has 0 spiro atoms. The molecule has 10 heteroatoms. The molecule has 0 bridgehead atoms. The fourth-order valence-electron chi connectivity index (χ4n) is 3.76. The zero-order valence-electron chi connectivity index (χ0n) is 16.1. The molecule has 9 nitrogen and oxygen atoms in total. The van der Waals surface area contributed by atoms with E-state index in [1.165, 1.54) is 16.3 Å². The molecule has 2 aliphatic rings. The summed E-state index contributed by atoms with van der Waals surface area (Å²) in [6, 6.07) is 16.7. The smallest absolute Gasteiger partial charge is 0.293 e. The number of nitrogens with zero attached hydrogens (tertiary/aromatic N) is 5. The Morgan fingerprint density at radius 2 is 1.67 bits per heavy atom. The highest BCUT2D eigenvalue weighted by molar-refractivity contribution is 7.92. The first-order valence-electron chi connectivity index (χ1n) is 9.66. The van der Waals surface area contributed by atoms with Crippen molar-refractivity contribution in [2.45, 2.75) is 11.4 Å². The lowest BCUT2D eigenvalue weighted by Gasteiger charge is -2.34. The van der Waals surface area contributed by atoms with Crippen molar-refractivity contribution in [1.82, 2.24) is 24.6 Å². The molecule has 0 atom stereocenters. The van der Waals surface area contributed by atoms with Crippen molar-refractivity contribution in [2.24, 2.45) is 0 Å². The molecule has 154 valence electrons. The van der Waals surface area contributed by atoms with Crippen LogP contribution in [0.5, 0.6) is 0 Å². The zero-order valence-corrected chi connectivity index (χ0v) is 16.9. The van der Waals surface area contributed by atoms with Crippen LogP contribution in [0.3, 0.4) is 0 Å². The van der Waals surface area contributed by atoms with Crippen LogP contribution in [0.25, 0.3) is 5.69 Å². The molecule has 0 radical (unpaired) electrons. The molecule has 2 aliphatic heterocycles. The average molecular weight is 424 g/mol. The SMILES string of the molecule is O=C(c1nc2n(n1)-c1ccccc1S(=O)(=O)N2)N1CCN(Cc2ccccc2)CC1. The Hall–Kier alpha value is -3.24. The minimum absolute atomic E-state index is 0.0130. The van der Waals surface area contributed by atoms with Crippen molar-refractivity contribution < 1.29 is 13.2 Å². The molecule has 3 heterocycles. The number of amides is 1. The van der Waals surface area contributed by atoms with Crippen LogP contribution in [0.1, 0.15) is 16.2 Å². The van der Waals surface area contributed by atoms with E-state index in [1.54, 1.807) is 23.1 Å². The first kappa shape index (κ1) is 18.8. The summed E-state index contributed by atoms with van der Waals surface area (Å²) in [5.74, 6) is -0.284. The summed E-state index contributed by atoms with van der Waals surface area (Å²) in [6.07, 6.45) is 0. The monoisotopic (exact) mass is 424 g/mol. The van der Waals surface area contributed by atoms with Gasteiger partial charge in [-0.25, -0.2) is 13.1 Å². The Kier molecular flexibility index (Phi) is 4.52. The summed E-state index contributed by atoms with van der Waals surface area (Å²) in [6.45, 7) is 3.49. The van der Waals surface area contributed by atoms with E-state index in [-0.39, 0.29) is 22.6 Å². The molecule has 1 saturated heterocycles. The van der Waals surface area contributed by atoms with Gasteiger partial charge in [-0.1, -0.05) is 42.5 Å². The number of anilines is 1. The van der Waals surface area contributed by atoms with Crippen LogP contribution in [0.15, 0.2) is 59.5 Å².